The summed E-state index contributed by atoms with van der Waals surface area (Å²) in [5, 5.41) is 0. The van der Waals surface area contributed by atoms with Crippen LogP contribution in [0.3, 0.4) is 0 Å². The normalized spacial score (nSPS) is 18.2. The molecule has 0 saturated carbocycles. The first-order chi connectivity index (χ1) is 11.1. The minimum Gasteiger partial charge on any atom is -0.465 e. The molecule has 1 saturated heterocycles. The van der Waals surface area contributed by atoms with E-state index in [4.69, 9.17) is 9.47 Å². The van der Waals surface area contributed by atoms with E-state index in [1.165, 1.54) is 4.90 Å². The van der Waals surface area contributed by atoms with Crippen molar-refractivity contribution in [2.75, 3.05) is 19.7 Å². The molecule has 1 heterocycles. The van der Waals surface area contributed by atoms with Crippen LogP contribution in [-0.4, -0.2) is 42.4 Å². The summed E-state index contributed by atoms with van der Waals surface area (Å²) in [5.74, 6) is -1.57. The first kappa shape index (κ1) is 17.0. The molecule has 0 bridgehead atoms. The molecule has 0 radical (unpaired) electrons. The lowest BCUT2D eigenvalue weighted by Gasteiger charge is -2.19. The molecule has 23 heavy (non-hydrogen) atoms. The van der Waals surface area contributed by atoms with Crippen molar-refractivity contribution >= 4 is 17.8 Å². The van der Waals surface area contributed by atoms with E-state index in [9.17, 15) is 14.4 Å². The molecule has 0 aromatic heterocycles. The average molecular weight is 319 g/mol. The maximum absolute atomic E-state index is 12.2. The number of hydrogen-bond acceptors (Lipinski definition) is 5. The van der Waals surface area contributed by atoms with Gasteiger partial charge in [-0.1, -0.05) is 30.3 Å². The van der Waals surface area contributed by atoms with Gasteiger partial charge in [-0.3, -0.25) is 9.59 Å². The SMILES string of the molecule is CCOC(=O)C1CCCN(C(=O)OCc2ccccc2)CC1=O. The first-order valence-corrected chi connectivity index (χ1v) is 7.76. The molecule has 1 fully saturated rings. The van der Waals surface area contributed by atoms with Gasteiger partial charge in [-0.25, -0.2) is 4.79 Å². The minimum atomic E-state index is -0.776. The van der Waals surface area contributed by atoms with E-state index in [-0.39, 0.29) is 25.5 Å². The molecule has 1 unspecified atom stereocenters. The highest BCUT2D eigenvalue weighted by atomic mass is 16.6. The second-order valence-electron chi connectivity index (χ2n) is 5.37. The van der Waals surface area contributed by atoms with Gasteiger partial charge < -0.3 is 14.4 Å². The zero-order valence-corrected chi connectivity index (χ0v) is 13.2. The highest BCUT2D eigenvalue weighted by molar-refractivity contribution is 6.01. The van der Waals surface area contributed by atoms with Crippen molar-refractivity contribution < 1.29 is 23.9 Å². The Morgan fingerprint density at radius 1 is 1.22 bits per heavy atom. The molecule has 1 aromatic rings. The molecule has 2 rings (SSSR count). The molecule has 1 aromatic carbocycles. The molecule has 0 aliphatic carbocycles. The quantitative estimate of drug-likeness (QED) is 0.628. The fourth-order valence-electron chi connectivity index (χ4n) is 2.48. The molecule has 1 aliphatic rings. The number of rotatable bonds is 4. The van der Waals surface area contributed by atoms with Crippen LogP contribution < -0.4 is 0 Å². The zero-order valence-electron chi connectivity index (χ0n) is 13.2. The summed E-state index contributed by atoms with van der Waals surface area (Å²) < 4.78 is 10.1. The first-order valence-electron chi connectivity index (χ1n) is 7.76. The van der Waals surface area contributed by atoms with Gasteiger partial charge in [0.2, 0.25) is 0 Å². The molecule has 0 N–H and O–H groups in total. The van der Waals surface area contributed by atoms with Gasteiger partial charge in [-0.2, -0.15) is 0 Å². The number of hydrogen-bond donors (Lipinski definition) is 0. The number of ketones is 1. The minimum absolute atomic E-state index is 0.114. The molecule has 1 aliphatic heterocycles. The number of nitrogens with zero attached hydrogens (tertiary/aromatic N) is 1. The number of benzene rings is 1. The number of Topliss-reactive ketones (excluding diaryl/α,β-unsaturated/α-hetero) is 1. The number of likely N-dealkylation sites (tertiary alicyclic amines) is 1. The number of carbonyl (C=O) groups excluding carboxylic acids is 3. The summed E-state index contributed by atoms with van der Waals surface area (Å²) in [6.07, 6.45) is 0.433. The summed E-state index contributed by atoms with van der Waals surface area (Å²) in [6, 6.07) is 9.33. The maximum Gasteiger partial charge on any atom is 0.410 e. The number of amides is 1. The van der Waals surface area contributed by atoms with E-state index in [1.807, 2.05) is 30.3 Å². The van der Waals surface area contributed by atoms with Crippen LogP contribution in [0.5, 0.6) is 0 Å². The van der Waals surface area contributed by atoms with Gasteiger partial charge in [0.05, 0.1) is 13.2 Å². The molecule has 1 atom stereocenters. The van der Waals surface area contributed by atoms with Crippen molar-refractivity contribution in [2.24, 2.45) is 5.92 Å². The summed E-state index contributed by atoms with van der Waals surface area (Å²) in [6.45, 7) is 2.38. The van der Waals surface area contributed by atoms with Crippen molar-refractivity contribution in [3.63, 3.8) is 0 Å². The molecular formula is C17H21NO5. The van der Waals surface area contributed by atoms with Gasteiger partial charge in [-0.05, 0) is 25.3 Å². The van der Waals surface area contributed by atoms with Crippen molar-refractivity contribution in [3.05, 3.63) is 35.9 Å². The molecular weight excluding hydrogens is 298 g/mol. The van der Waals surface area contributed by atoms with Gasteiger partial charge in [-0.15, -0.1) is 0 Å². The molecule has 124 valence electrons. The molecule has 6 heteroatoms. The van der Waals surface area contributed by atoms with Gasteiger partial charge in [0.1, 0.15) is 12.5 Å². The number of esters is 1. The maximum atomic E-state index is 12.2. The van der Waals surface area contributed by atoms with Crippen LogP contribution >= 0.6 is 0 Å². The van der Waals surface area contributed by atoms with Crippen LogP contribution in [0.2, 0.25) is 0 Å². The Balaban J connectivity index is 1.89. The van der Waals surface area contributed by atoms with Gasteiger partial charge >= 0.3 is 12.1 Å². The van der Waals surface area contributed by atoms with E-state index in [0.29, 0.717) is 19.4 Å². The Kier molecular flexibility index (Phi) is 6.14. The summed E-state index contributed by atoms with van der Waals surface area (Å²) >= 11 is 0. The summed E-state index contributed by atoms with van der Waals surface area (Å²) in [7, 11) is 0. The van der Waals surface area contributed by atoms with E-state index < -0.39 is 18.0 Å². The lowest BCUT2D eigenvalue weighted by Crippen LogP contribution is -2.37. The second-order valence-corrected chi connectivity index (χ2v) is 5.37. The molecule has 6 nitrogen and oxygen atoms in total. The van der Waals surface area contributed by atoms with Gasteiger partial charge in [0, 0.05) is 6.54 Å². The largest absolute Gasteiger partial charge is 0.465 e. The fraction of sp³-hybridized carbons (Fsp3) is 0.471. The van der Waals surface area contributed by atoms with Crippen molar-refractivity contribution in [1.29, 1.82) is 0 Å². The Labute approximate surface area is 135 Å². The molecule has 1 amide bonds. The monoisotopic (exact) mass is 319 g/mol. The van der Waals surface area contributed by atoms with E-state index in [1.54, 1.807) is 6.92 Å². The van der Waals surface area contributed by atoms with E-state index in [0.717, 1.165) is 5.56 Å². The van der Waals surface area contributed by atoms with Crippen molar-refractivity contribution in [3.8, 4) is 0 Å². The zero-order chi connectivity index (χ0) is 16.7. The highest BCUT2D eigenvalue weighted by Crippen LogP contribution is 2.17. The number of carbonyl (C=O) groups is 3. The van der Waals surface area contributed by atoms with Gasteiger partial charge in [0.15, 0.2) is 5.78 Å². The van der Waals surface area contributed by atoms with Crippen molar-refractivity contribution in [1.82, 2.24) is 4.90 Å². The highest BCUT2D eigenvalue weighted by Gasteiger charge is 2.33. The van der Waals surface area contributed by atoms with Crippen LogP contribution in [0, 0.1) is 5.92 Å². The van der Waals surface area contributed by atoms with Gasteiger partial charge in [0.25, 0.3) is 0 Å². The predicted molar refractivity (Wildman–Crippen MR) is 82.6 cm³/mol. The Morgan fingerprint density at radius 2 is 1.96 bits per heavy atom. The molecule has 0 spiro atoms. The third-order valence-corrected chi connectivity index (χ3v) is 3.69. The topological polar surface area (TPSA) is 72.9 Å². The van der Waals surface area contributed by atoms with E-state index in [2.05, 4.69) is 0 Å². The predicted octanol–water partition coefficient (Wildman–Crippen LogP) is 2.17. The number of ether oxygens (including phenoxy) is 2. The van der Waals surface area contributed by atoms with E-state index >= 15 is 0 Å². The average Bonchev–Trinajstić information content (AvgIpc) is 2.75. The van der Waals surface area contributed by atoms with Crippen LogP contribution in [0.25, 0.3) is 0 Å². The van der Waals surface area contributed by atoms with Crippen LogP contribution in [0.15, 0.2) is 30.3 Å². The third-order valence-electron chi connectivity index (χ3n) is 3.69. The third kappa shape index (κ3) is 4.81. The summed E-state index contributed by atoms with van der Waals surface area (Å²) in [5.41, 5.74) is 0.881. The lowest BCUT2D eigenvalue weighted by molar-refractivity contribution is -0.151. The Hall–Kier alpha value is -2.37. The fourth-order valence-corrected chi connectivity index (χ4v) is 2.48. The standard InChI is InChI=1S/C17H21NO5/c1-2-22-16(20)14-9-6-10-18(11-15(14)19)17(21)23-12-13-7-4-3-5-8-13/h3-5,7-8,14H,2,6,9-12H2,1H3. The Bertz CT molecular complexity index is 557. The van der Waals surface area contributed by atoms with Crippen molar-refractivity contribution in [2.45, 2.75) is 26.4 Å². The van der Waals surface area contributed by atoms with Crippen LogP contribution in [-0.2, 0) is 25.7 Å². The lowest BCUT2D eigenvalue weighted by atomic mass is 10.00. The second kappa shape index (κ2) is 8.31. The summed E-state index contributed by atoms with van der Waals surface area (Å²) in [4.78, 5) is 37.4. The van der Waals surface area contributed by atoms with Crippen LogP contribution in [0.1, 0.15) is 25.3 Å². The smallest absolute Gasteiger partial charge is 0.410 e. The van der Waals surface area contributed by atoms with Crippen LogP contribution in [0.4, 0.5) is 4.79 Å². The Morgan fingerprint density at radius 3 is 2.65 bits per heavy atom.